The molecule has 1 atom stereocenters. The van der Waals surface area contributed by atoms with Gasteiger partial charge in [0.1, 0.15) is 0 Å². The smallest absolute Gasteiger partial charge is 0.310 e. The van der Waals surface area contributed by atoms with Crippen molar-refractivity contribution in [3.8, 4) is 0 Å². The van der Waals surface area contributed by atoms with Gasteiger partial charge in [-0.1, -0.05) is 27.7 Å². The fraction of sp³-hybridized carbons (Fsp3) is 0.833. The summed E-state index contributed by atoms with van der Waals surface area (Å²) in [6.07, 6.45) is -0.419. The summed E-state index contributed by atoms with van der Waals surface area (Å²) >= 11 is 0. The largest absolute Gasteiger partial charge is 0.396 e. The number of aliphatic hydroxyl groups excluding tert-OH is 2. The highest BCUT2D eigenvalue weighted by Gasteiger charge is 2.28. The molecule has 0 bridgehead atoms. The average molecular weight is 248 g/mol. The van der Waals surface area contributed by atoms with Gasteiger partial charge < -0.3 is 14.9 Å². The van der Waals surface area contributed by atoms with Crippen LogP contribution in [0, 0.1) is 11.3 Å². The summed E-state index contributed by atoms with van der Waals surface area (Å²) < 4.78 is 3.97. The molecule has 0 aromatic rings. The van der Waals surface area contributed by atoms with Gasteiger partial charge in [-0.05, 0) is 5.92 Å². The van der Waals surface area contributed by atoms with Gasteiger partial charge in [-0.15, -0.1) is 0 Å². The molecule has 0 spiro atoms. The Hall–Kier alpha value is -0.940. The van der Waals surface area contributed by atoms with Crippen molar-refractivity contribution in [2.75, 3.05) is 6.61 Å². The Labute approximate surface area is 103 Å². The van der Waals surface area contributed by atoms with Gasteiger partial charge in [0.25, 0.3) is 0 Å². The van der Waals surface area contributed by atoms with E-state index in [1.807, 2.05) is 27.7 Å². The molecule has 102 valence electrons. The van der Waals surface area contributed by atoms with E-state index in [9.17, 15) is 14.7 Å². The van der Waals surface area contributed by atoms with Crippen molar-refractivity contribution in [3.05, 3.63) is 0 Å². The van der Waals surface area contributed by atoms with E-state index < -0.39 is 18.0 Å². The van der Waals surface area contributed by atoms with Gasteiger partial charge in [-0.2, -0.15) is 0 Å². The van der Waals surface area contributed by atoms with Crippen molar-refractivity contribution in [1.29, 1.82) is 0 Å². The molecule has 0 aromatic heterocycles. The summed E-state index contributed by atoms with van der Waals surface area (Å²) in [5.41, 5.74) is -0.367. The lowest BCUT2D eigenvalue weighted by atomic mass is 9.82. The van der Waals surface area contributed by atoms with Gasteiger partial charge in [-0.3, -0.25) is 9.59 Å². The average Bonchev–Trinajstić information content (AvgIpc) is 2.15. The fourth-order valence-corrected chi connectivity index (χ4v) is 1.20. The fourth-order valence-electron chi connectivity index (χ4n) is 1.20. The molecule has 0 amide bonds. The number of hydrogen-bond donors (Lipinski definition) is 2. The Balaban J connectivity index is 0. The Morgan fingerprint density at radius 2 is 1.53 bits per heavy atom. The molecule has 5 nitrogen and oxygen atoms in total. The number of ether oxygens (including phenoxy) is 1. The second-order valence-corrected chi connectivity index (χ2v) is 4.92. The Morgan fingerprint density at radius 1 is 1.18 bits per heavy atom. The minimum atomic E-state index is -0.562. The van der Waals surface area contributed by atoms with Crippen molar-refractivity contribution in [3.63, 3.8) is 0 Å². The first-order chi connectivity index (χ1) is 7.54. The highest BCUT2D eigenvalue weighted by molar-refractivity contribution is 5.82. The molecular formula is C12H24O5. The van der Waals surface area contributed by atoms with E-state index in [2.05, 4.69) is 4.74 Å². The van der Waals surface area contributed by atoms with Crippen LogP contribution < -0.4 is 0 Å². The Morgan fingerprint density at radius 3 is 1.59 bits per heavy atom. The number of carbonyl (C=O) groups is 2. The highest BCUT2D eigenvalue weighted by Crippen LogP contribution is 2.24. The number of esters is 2. The topological polar surface area (TPSA) is 83.8 Å². The maximum Gasteiger partial charge on any atom is 0.310 e. The van der Waals surface area contributed by atoms with Crippen LogP contribution in [-0.4, -0.2) is 34.9 Å². The van der Waals surface area contributed by atoms with Crippen LogP contribution in [0.25, 0.3) is 0 Å². The summed E-state index contributed by atoms with van der Waals surface area (Å²) in [6, 6.07) is 0. The van der Waals surface area contributed by atoms with Crippen LogP contribution in [0.1, 0.15) is 41.5 Å². The molecule has 0 heterocycles. The molecule has 2 N–H and O–H groups in total. The molecule has 0 fully saturated rings. The number of aliphatic hydroxyl groups is 2. The van der Waals surface area contributed by atoms with Gasteiger partial charge in [-0.25, -0.2) is 0 Å². The normalized spacial score (nSPS) is 12.5. The Kier molecular flexibility index (Phi) is 8.88. The van der Waals surface area contributed by atoms with Crippen LogP contribution in [0.15, 0.2) is 0 Å². The quantitative estimate of drug-likeness (QED) is 0.577. The van der Waals surface area contributed by atoms with E-state index in [0.717, 1.165) is 0 Å². The third-order valence-corrected chi connectivity index (χ3v) is 2.13. The first-order valence-corrected chi connectivity index (χ1v) is 5.52. The monoisotopic (exact) mass is 248 g/mol. The van der Waals surface area contributed by atoms with E-state index in [0.29, 0.717) is 0 Å². The van der Waals surface area contributed by atoms with Crippen LogP contribution in [0.4, 0.5) is 0 Å². The minimum Gasteiger partial charge on any atom is -0.396 e. The van der Waals surface area contributed by atoms with Crippen LogP contribution in [0.5, 0.6) is 0 Å². The van der Waals surface area contributed by atoms with Gasteiger partial charge in [0.05, 0.1) is 12.7 Å². The highest BCUT2D eigenvalue weighted by atomic mass is 16.6. The molecule has 0 aliphatic carbocycles. The van der Waals surface area contributed by atoms with E-state index >= 15 is 0 Å². The molecule has 0 aliphatic heterocycles. The SMILES string of the molecule is CC(=O)OC(C)=O.CC(C)C(O)C(C)(C)CO. The van der Waals surface area contributed by atoms with E-state index in [4.69, 9.17) is 5.11 Å². The lowest BCUT2D eigenvalue weighted by Gasteiger charge is -2.30. The minimum absolute atomic E-state index is 0.0341. The molecule has 17 heavy (non-hydrogen) atoms. The van der Waals surface area contributed by atoms with E-state index in [1.165, 1.54) is 13.8 Å². The molecule has 0 aliphatic rings. The molecule has 0 rings (SSSR count). The van der Waals surface area contributed by atoms with Crippen molar-refractivity contribution < 1.29 is 24.5 Å². The maximum absolute atomic E-state index is 9.81. The van der Waals surface area contributed by atoms with E-state index in [-0.39, 0.29) is 17.9 Å². The number of carbonyl (C=O) groups excluding carboxylic acids is 2. The summed E-state index contributed by atoms with van der Waals surface area (Å²) in [7, 11) is 0. The van der Waals surface area contributed by atoms with Crippen LogP contribution in [0.3, 0.4) is 0 Å². The zero-order valence-corrected chi connectivity index (χ0v) is 11.5. The van der Waals surface area contributed by atoms with E-state index in [1.54, 1.807) is 0 Å². The molecule has 0 saturated carbocycles. The number of hydrogen-bond acceptors (Lipinski definition) is 5. The molecule has 0 aromatic carbocycles. The molecular weight excluding hydrogens is 224 g/mol. The molecule has 1 unspecified atom stereocenters. The third kappa shape index (κ3) is 9.96. The van der Waals surface area contributed by atoms with Crippen LogP contribution >= 0.6 is 0 Å². The summed E-state index contributed by atoms with van der Waals surface area (Å²) in [4.78, 5) is 19.6. The standard InChI is InChI=1S/C8H18O2.C4H6O3/c1-6(2)7(10)8(3,4)5-9;1-3(5)7-4(2)6/h6-7,9-10H,5H2,1-4H3;1-2H3. The summed E-state index contributed by atoms with van der Waals surface area (Å²) in [5, 5.41) is 18.3. The summed E-state index contributed by atoms with van der Waals surface area (Å²) in [5.74, 6) is -0.915. The van der Waals surface area contributed by atoms with Gasteiger partial charge in [0.2, 0.25) is 0 Å². The van der Waals surface area contributed by atoms with Crippen LogP contribution in [0.2, 0.25) is 0 Å². The third-order valence-electron chi connectivity index (χ3n) is 2.13. The van der Waals surface area contributed by atoms with Crippen molar-refractivity contribution >= 4 is 11.9 Å². The molecule has 5 heteroatoms. The first-order valence-electron chi connectivity index (χ1n) is 5.52. The second kappa shape index (κ2) is 8.20. The van der Waals surface area contributed by atoms with Gasteiger partial charge in [0.15, 0.2) is 0 Å². The summed E-state index contributed by atoms with van der Waals surface area (Å²) in [6.45, 7) is 10.0. The van der Waals surface area contributed by atoms with Crippen molar-refractivity contribution in [1.82, 2.24) is 0 Å². The predicted molar refractivity (Wildman–Crippen MR) is 64.2 cm³/mol. The second-order valence-electron chi connectivity index (χ2n) is 4.92. The zero-order valence-electron chi connectivity index (χ0n) is 11.5. The van der Waals surface area contributed by atoms with Crippen molar-refractivity contribution in [2.24, 2.45) is 11.3 Å². The first kappa shape index (κ1) is 18.4. The van der Waals surface area contributed by atoms with Crippen LogP contribution in [-0.2, 0) is 14.3 Å². The number of rotatable bonds is 3. The lowest BCUT2D eigenvalue weighted by Crippen LogP contribution is -2.36. The van der Waals surface area contributed by atoms with Gasteiger partial charge in [0, 0.05) is 19.3 Å². The molecule has 0 radical (unpaired) electrons. The van der Waals surface area contributed by atoms with Crippen molar-refractivity contribution in [2.45, 2.75) is 47.6 Å². The zero-order chi connectivity index (χ0) is 14.2. The maximum atomic E-state index is 9.81. The lowest BCUT2D eigenvalue weighted by molar-refractivity contribution is -0.156. The predicted octanol–water partition coefficient (Wildman–Crippen LogP) is 1.12. The molecule has 0 saturated heterocycles. The Bertz CT molecular complexity index is 233. The van der Waals surface area contributed by atoms with Gasteiger partial charge >= 0.3 is 11.9 Å².